The number of nitrogens with zero attached hydrogens (tertiary/aromatic N) is 2. The highest BCUT2D eigenvalue weighted by atomic mass is 16.5. The molecule has 2 heterocycles. The Bertz CT molecular complexity index is 566. The molecule has 2 aliphatic rings. The first-order valence-electron chi connectivity index (χ1n) is 7.81. The van der Waals surface area contributed by atoms with Gasteiger partial charge in [0.1, 0.15) is 6.61 Å². The molecular weight excluding hydrogens is 298 g/mol. The Morgan fingerprint density at radius 3 is 2.65 bits per heavy atom. The minimum atomic E-state index is -0.834. The monoisotopic (exact) mass is 319 g/mol. The molecule has 2 amide bonds. The zero-order valence-electron chi connectivity index (χ0n) is 12.9. The second kappa shape index (κ2) is 6.87. The maximum absolute atomic E-state index is 11.7. The second-order valence-corrected chi connectivity index (χ2v) is 5.96. The minimum Gasteiger partial charge on any atom is -0.465 e. The number of fused-ring (bicyclic) bond motifs is 2. The summed E-state index contributed by atoms with van der Waals surface area (Å²) in [6.45, 7) is 2.80. The maximum Gasteiger partial charge on any atom is 0.407 e. The Morgan fingerprint density at radius 2 is 2.00 bits per heavy atom. The van der Waals surface area contributed by atoms with Gasteiger partial charge < -0.3 is 20.1 Å². The van der Waals surface area contributed by atoms with E-state index in [9.17, 15) is 9.59 Å². The van der Waals surface area contributed by atoms with Gasteiger partial charge in [-0.25, -0.2) is 9.59 Å². The van der Waals surface area contributed by atoms with Crippen molar-refractivity contribution in [1.82, 2.24) is 15.1 Å². The van der Waals surface area contributed by atoms with E-state index in [0.29, 0.717) is 13.1 Å². The number of rotatable bonds is 5. The van der Waals surface area contributed by atoms with E-state index in [-0.39, 0.29) is 18.7 Å². The molecule has 0 unspecified atom stereocenters. The van der Waals surface area contributed by atoms with Gasteiger partial charge in [0.05, 0.1) is 0 Å². The van der Waals surface area contributed by atoms with Gasteiger partial charge in [0.2, 0.25) is 0 Å². The Hall–Kier alpha value is -2.28. The molecule has 0 radical (unpaired) electrons. The number of benzene rings is 1. The fourth-order valence-corrected chi connectivity index (χ4v) is 3.33. The highest BCUT2D eigenvalue weighted by molar-refractivity contribution is 5.67. The van der Waals surface area contributed by atoms with Gasteiger partial charge in [-0.1, -0.05) is 30.3 Å². The lowest BCUT2D eigenvalue weighted by Crippen LogP contribution is -2.49. The van der Waals surface area contributed by atoms with Crippen LogP contribution in [-0.4, -0.2) is 65.4 Å². The van der Waals surface area contributed by atoms with E-state index in [1.807, 2.05) is 30.3 Å². The Balaban J connectivity index is 1.33. The second-order valence-electron chi connectivity index (χ2n) is 5.96. The minimum absolute atomic E-state index is 0.0996. The van der Waals surface area contributed by atoms with Gasteiger partial charge in [-0.05, 0) is 12.0 Å². The largest absolute Gasteiger partial charge is 0.465 e. The third-order valence-electron chi connectivity index (χ3n) is 4.48. The summed E-state index contributed by atoms with van der Waals surface area (Å²) in [5.41, 5.74) is 0.952. The predicted octanol–water partition coefficient (Wildman–Crippen LogP) is 1.35. The van der Waals surface area contributed by atoms with Crippen LogP contribution >= 0.6 is 0 Å². The van der Waals surface area contributed by atoms with Crippen molar-refractivity contribution in [2.24, 2.45) is 0 Å². The van der Waals surface area contributed by atoms with Crippen molar-refractivity contribution >= 4 is 12.2 Å². The SMILES string of the molecule is O=C(NCCN1C[C@@H]2C[C@H]1CN2C(=O)O)OCc1ccccc1. The highest BCUT2D eigenvalue weighted by Gasteiger charge is 2.44. The number of carbonyl (C=O) groups excluding carboxylic acids is 1. The van der Waals surface area contributed by atoms with Gasteiger partial charge in [0.15, 0.2) is 0 Å². The maximum atomic E-state index is 11.7. The van der Waals surface area contributed by atoms with Crippen LogP contribution in [0.15, 0.2) is 30.3 Å². The Labute approximate surface area is 134 Å². The number of amides is 2. The molecule has 2 bridgehead atoms. The van der Waals surface area contributed by atoms with Gasteiger partial charge in [-0.2, -0.15) is 0 Å². The van der Waals surface area contributed by atoms with Gasteiger partial charge in [0.25, 0.3) is 0 Å². The fourth-order valence-electron chi connectivity index (χ4n) is 3.33. The third kappa shape index (κ3) is 3.73. The number of carbonyl (C=O) groups is 2. The number of likely N-dealkylation sites (tertiary alicyclic amines) is 2. The van der Waals surface area contributed by atoms with Crippen molar-refractivity contribution in [2.75, 3.05) is 26.2 Å². The van der Waals surface area contributed by atoms with Crippen LogP contribution in [0.25, 0.3) is 0 Å². The standard InChI is InChI=1S/C16H21N3O4/c20-15(23-11-12-4-2-1-3-5-12)17-6-7-18-9-14-8-13(18)10-19(14)16(21)22/h1-5,13-14H,6-11H2,(H,17,20)(H,21,22)/t13-,14-/m0/s1. The average molecular weight is 319 g/mol. The van der Waals surface area contributed by atoms with Crippen LogP contribution in [0.4, 0.5) is 9.59 Å². The summed E-state index contributed by atoms with van der Waals surface area (Å²) in [5, 5.41) is 11.8. The molecule has 2 N–H and O–H groups in total. The van der Waals surface area contributed by atoms with Gasteiger partial charge in [-0.15, -0.1) is 0 Å². The quantitative estimate of drug-likeness (QED) is 0.856. The molecule has 1 aromatic rings. The van der Waals surface area contributed by atoms with Crippen molar-refractivity contribution in [3.63, 3.8) is 0 Å². The lowest BCUT2D eigenvalue weighted by Gasteiger charge is -2.32. The summed E-state index contributed by atoms with van der Waals surface area (Å²) in [6, 6.07) is 9.91. The van der Waals surface area contributed by atoms with Crippen LogP contribution in [0.3, 0.4) is 0 Å². The van der Waals surface area contributed by atoms with Crippen molar-refractivity contribution in [1.29, 1.82) is 0 Å². The van der Waals surface area contributed by atoms with Crippen molar-refractivity contribution in [3.8, 4) is 0 Å². The van der Waals surface area contributed by atoms with E-state index in [2.05, 4.69) is 10.2 Å². The summed E-state index contributed by atoms with van der Waals surface area (Å²) in [6.07, 6.45) is -0.366. The van der Waals surface area contributed by atoms with Gasteiger partial charge in [0, 0.05) is 38.3 Å². The summed E-state index contributed by atoms with van der Waals surface area (Å²) in [5.74, 6) is 0. The average Bonchev–Trinajstić information content (AvgIpc) is 3.14. The van der Waals surface area contributed by atoms with Crippen LogP contribution in [0.5, 0.6) is 0 Å². The van der Waals surface area contributed by atoms with E-state index in [0.717, 1.165) is 25.1 Å². The molecule has 1 aromatic carbocycles. The molecule has 23 heavy (non-hydrogen) atoms. The van der Waals surface area contributed by atoms with E-state index >= 15 is 0 Å². The molecule has 0 aromatic heterocycles. The molecule has 2 fully saturated rings. The van der Waals surface area contributed by atoms with Crippen molar-refractivity contribution < 1.29 is 19.4 Å². The van der Waals surface area contributed by atoms with E-state index in [1.165, 1.54) is 4.90 Å². The highest BCUT2D eigenvalue weighted by Crippen LogP contribution is 2.30. The summed E-state index contributed by atoms with van der Waals surface area (Å²) in [4.78, 5) is 26.4. The molecule has 2 aliphatic heterocycles. The van der Waals surface area contributed by atoms with E-state index < -0.39 is 12.2 Å². The molecule has 2 saturated heterocycles. The van der Waals surface area contributed by atoms with E-state index in [4.69, 9.17) is 9.84 Å². The molecule has 2 atom stereocenters. The first-order chi connectivity index (χ1) is 11.1. The van der Waals surface area contributed by atoms with Crippen molar-refractivity contribution in [2.45, 2.75) is 25.1 Å². The molecular formula is C16H21N3O4. The predicted molar refractivity (Wildman–Crippen MR) is 83.1 cm³/mol. The molecule has 3 rings (SSSR count). The van der Waals surface area contributed by atoms with Crippen LogP contribution in [0.2, 0.25) is 0 Å². The summed E-state index contributed by atoms with van der Waals surface area (Å²) >= 11 is 0. The lowest BCUT2D eigenvalue weighted by molar-refractivity contribution is 0.102. The Kier molecular flexibility index (Phi) is 4.66. The first-order valence-corrected chi connectivity index (χ1v) is 7.81. The number of nitrogens with one attached hydrogen (secondary N) is 1. The molecule has 0 spiro atoms. The smallest absolute Gasteiger partial charge is 0.407 e. The number of carboxylic acid groups (broad SMARTS) is 1. The van der Waals surface area contributed by atoms with Crippen LogP contribution < -0.4 is 5.32 Å². The number of piperazine rings is 1. The number of hydrogen-bond donors (Lipinski definition) is 2. The molecule has 0 aliphatic carbocycles. The number of alkyl carbamates (subject to hydrolysis) is 1. The third-order valence-corrected chi connectivity index (χ3v) is 4.48. The normalized spacial score (nSPS) is 23.0. The topological polar surface area (TPSA) is 82.1 Å². The zero-order valence-corrected chi connectivity index (χ0v) is 12.9. The van der Waals surface area contributed by atoms with Gasteiger partial charge >= 0.3 is 12.2 Å². The van der Waals surface area contributed by atoms with Crippen LogP contribution in [-0.2, 0) is 11.3 Å². The molecule has 124 valence electrons. The van der Waals surface area contributed by atoms with Crippen LogP contribution in [0.1, 0.15) is 12.0 Å². The van der Waals surface area contributed by atoms with Crippen molar-refractivity contribution in [3.05, 3.63) is 35.9 Å². The van der Waals surface area contributed by atoms with Gasteiger partial charge in [-0.3, -0.25) is 4.90 Å². The summed E-state index contributed by atoms with van der Waals surface area (Å²) in [7, 11) is 0. The first kappa shape index (κ1) is 15.6. The summed E-state index contributed by atoms with van der Waals surface area (Å²) < 4.78 is 5.15. The molecule has 7 heteroatoms. The molecule has 0 saturated carbocycles. The Morgan fingerprint density at radius 1 is 1.22 bits per heavy atom. The van der Waals surface area contributed by atoms with Crippen LogP contribution in [0, 0.1) is 0 Å². The van der Waals surface area contributed by atoms with E-state index in [1.54, 1.807) is 0 Å². The zero-order chi connectivity index (χ0) is 16.2. The number of hydrogen-bond acceptors (Lipinski definition) is 4. The number of ether oxygens (including phenoxy) is 1. The fraction of sp³-hybridized carbons (Fsp3) is 0.500. The molecule has 7 nitrogen and oxygen atoms in total. The lowest BCUT2D eigenvalue weighted by atomic mass is 10.2.